The molecule has 1 aromatic heterocycles. The average Bonchev–Trinajstić information content (AvgIpc) is 2.95. The molecule has 1 fully saturated rings. The Kier molecular flexibility index (Phi) is 5.01. The van der Waals surface area contributed by atoms with Crippen LogP contribution in [0, 0.1) is 0 Å². The molecule has 1 aromatic carbocycles. The van der Waals surface area contributed by atoms with Gasteiger partial charge in [0.05, 0.1) is 15.9 Å². The van der Waals surface area contributed by atoms with Gasteiger partial charge in [-0.1, -0.05) is 23.7 Å². The fraction of sp³-hybridized carbons (Fsp3) is 0.0667. The molecule has 0 aliphatic carbocycles. The fourth-order valence-electron chi connectivity index (χ4n) is 1.97. The summed E-state index contributed by atoms with van der Waals surface area (Å²) in [5, 5.41) is 0.303. The molecule has 1 aliphatic rings. The summed E-state index contributed by atoms with van der Waals surface area (Å²) in [5.41, 5.74) is 0.835. The molecule has 0 radical (unpaired) electrons. The Hall–Kier alpha value is -1.02. The number of carbonyl (C=O) groups is 2. The molecule has 118 valence electrons. The van der Waals surface area contributed by atoms with E-state index in [1.807, 2.05) is 0 Å². The quantitative estimate of drug-likeness (QED) is 0.533. The third kappa shape index (κ3) is 3.74. The van der Waals surface area contributed by atoms with Crippen LogP contribution in [0.3, 0.4) is 0 Å². The first-order valence-electron chi connectivity index (χ1n) is 6.38. The van der Waals surface area contributed by atoms with E-state index < -0.39 is 0 Å². The van der Waals surface area contributed by atoms with Gasteiger partial charge >= 0.3 is 0 Å². The van der Waals surface area contributed by atoms with Crippen molar-refractivity contribution in [3.63, 3.8) is 0 Å². The molecule has 2 aromatic rings. The number of thioether (sulfide) groups is 1. The first-order chi connectivity index (χ1) is 10.9. The second kappa shape index (κ2) is 6.84. The predicted octanol–water partition coefficient (Wildman–Crippen LogP) is 5.69. The molecule has 8 heteroatoms. The van der Waals surface area contributed by atoms with E-state index in [0.717, 1.165) is 21.8 Å². The lowest BCUT2D eigenvalue weighted by Crippen LogP contribution is -2.27. The van der Waals surface area contributed by atoms with Gasteiger partial charge in [0.2, 0.25) is 0 Å². The minimum atomic E-state index is -0.335. The molecule has 1 aliphatic heterocycles. The second-order valence-corrected chi connectivity index (χ2v) is 7.67. The number of benzene rings is 1. The van der Waals surface area contributed by atoms with E-state index in [9.17, 15) is 9.59 Å². The van der Waals surface area contributed by atoms with Crippen LogP contribution in [0.1, 0.15) is 11.3 Å². The molecule has 2 heterocycles. The number of amides is 2. The summed E-state index contributed by atoms with van der Waals surface area (Å²) < 4.78 is 6.68. The maximum absolute atomic E-state index is 12.4. The first-order valence-corrected chi connectivity index (χ1v) is 9.17. The molecule has 3 rings (SSSR count). The number of furan rings is 1. The lowest BCUT2D eigenvalue weighted by Gasteiger charge is -2.12. The van der Waals surface area contributed by atoms with E-state index in [0.29, 0.717) is 20.4 Å². The van der Waals surface area contributed by atoms with Crippen molar-refractivity contribution in [2.75, 3.05) is 0 Å². The van der Waals surface area contributed by atoms with Crippen molar-refractivity contribution >= 4 is 72.4 Å². The molecular formula is C15H8Br2ClNO3S. The molecular weight excluding hydrogens is 469 g/mol. The van der Waals surface area contributed by atoms with Gasteiger partial charge in [-0.15, -0.1) is 0 Å². The van der Waals surface area contributed by atoms with E-state index in [2.05, 4.69) is 31.9 Å². The highest BCUT2D eigenvalue weighted by atomic mass is 79.9. The number of hydrogen-bond acceptors (Lipinski definition) is 4. The lowest BCUT2D eigenvalue weighted by molar-refractivity contribution is -0.123. The summed E-state index contributed by atoms with van der Waals surface area (Å²) in [6.45, 7) is 0.213. The first kappa shape index (κ1) is 16.8. The Bertz CT molecular complexity index is 797. The highest BCUT2D eigenvalue weighted by Crippen LogP contribution is 2.35. The Morgan fingerprint density at radius 2 is 1.91 bits per heavy atom. The Balaban J connectivity index is 1.80. The topological polar surface area (TPSA) is 50.5 Å². The van der Waals surface area contributed by atoms with Crippen molar-refractivity contribution < 1.29 is 14.0 Å². The standard InChI is InChI=1S/C15H8Br2ClNO3S/c16-11-5-10(22-13(11)17)6-12-14(20)19(15(21)23-12)7-8-1-3-9(18)4-2-8/h1-6H,7H2/b12-6-. The van der Waals surface area contributed by atoms with Crippen LogP contribution in [-0.2, 0) is 11.3 Å². The van der Waals surface area contributed by atoms with Crippen molar-refractivity contribution in [2.24, 2.45) is 0 Å². The number of hydrogen-bond donors (Lipinski definition) is 0. The summed E-state index contributed by atoms with van der Waals surface area (Å²) in [7, 11) is 0. The maximum atomic E-state index is 12.4. The van der Waals surface area contributed by atoms with Crippen LogP contribution in [0.5, 0.6) is 0 Å². The van der Waals surface area contributed by atoms with Gasteiger partial charge < -0.3 is 4.42 Å². The average molecular weight is 478 g/mol. The normalized spacial score (nSPS) is 16.7. The fourth-order valence-corrected chi connectivity index (χ4v) is 3.52. The van der Waals surface area contributed by atoms with E-state index >= 15 is 0 Å². The summed E-state index contributed by atoms with van der Waals surface area (Å²) >= 11 is 13.3. The SMILES string of the molecule is O=C1S/C(=C\c2cc(Br)c(Br)o2)C(=O)N1Cc1ccc(Cl)cc1. The minimum absolute atomic E-state index is 0.213. The third-order valence-corrected chi connectivity index (χ3v) is 5.93. The number of halogens is 3. The Labute approximate surface area is 158 Å². The smallest absolute Gasteiger partial charge is 0.293 e. The van der Waals surface area contributed by atoms with Gasteiger partial charge in [0.1, 0.15) is 5.76 Å². The number of rotatable bonds is 3. The summed E-state index contributed by atoms with van der Waals surface area (Å²) in [6, 6.07) is 8.75. The number of carbonyl (C=O) groups excluding carboxylic acids is 2. The molecule has 0 bridgehead atoms. The molecule has 0 spiro atoms. The monoisotopic (exact) mass is 475 g/mol. The molecule has 23 heavy (non-hydrogen) atoms. The van der Waals surface area contributed by atoms with Gasteiger partial charge in [-0.3, -0.25) is 14.5 Å². The number of imide groups is 1. The summed E-state index contributed by atoms with van der Waals surface area (Å²) in [6.07, 6.45) is 1.56. The van der Waals surface area contributed by atoms with Crippen LogP contribution in [0.2, 0.25) is 5.02 Å². The predicted molar refractivity (Wildman–Crippen MR) is 97.1 cm³/mol. The molecule has 0 N–H and O–H groups in total. The Morgan fingerprint density at radius 1 is 1.22 bits per heavy atom. The Morgan fingerprint density at radius 3 is 2.52 bits per heavy atom. The van der Waals surface area contributed by atoms with Gasteiger partial charge in [-0.05, 0) is 67.4 Å². The second-order valence-electron chi connectivity index (χ2n) is 4.66. The van der Waals surface area contributed by atoms with E-state index in [1.165, 1.54) is 4.90 Å². The van der Waals surface area contributed by atoms with Crippen LogP contribution in [-0.4, -0.2) is 16.0 Å². The van der Waals surface area contributed by atoms with Crippen LogP contribution in [0.4, 0.5) is 4.79 Å². The molecule has 0 atom stereocenters. The third-order valence-electron chi connectivity index (χ3n) is 3.07. The van der Waals surface area contributed by atoms with Crippen molar-refractivity contribution in [1.82, 2.24) is 4.90 Å². The maximum Gasteiger partial charge on any atom is 0.293 e. The van der Waals surface area contributed by atoms with Gasteiger partial charge in [-0.2, -0.15) is 0 Å². The lowest BCUT2D eigenvalue weighted by atomic mass is 10.2. The molecule has 0 unspecified atom stereocenters. The van der Waals surface area contributed by atoms with E-state index in [1.54, 1.807) is 36.4 Å². The van der Waals surface area contributed by atoms with Crippen molar-refractivity contribution in [1.29, 1.82) is 0 Å². The molecule has 1 saturated heterocycles. The zero-order valence-electron chi connectivity index (χ0n) is 11.4. The zero-order chi connectivity index (χ0) is 16.6. The summed E-state index contributed by atoms with van der Waals surface area (Å²) in [5.74, 6) is 0.152. The minimum Gasteiger partial charge on any atom is -0.449 e. The van der Waals surface area contributed by atoms with Crippen molar-refractivity contribution in [2.45, 2.75) is 6.54 Å². The van der Waals surface area contributed by atoms with Crippen LogP contribution in [0.15, 0.2) is 48.8 Å². The van der Waals surface area contributed by atoms with Crippen LogP contribution in [0.25, 0.3) is 6.08 Å². The molecule has 2 amide bonds. The van der Waals surface area contributed by atoms with Crippen molar-refractivity contribution in [3.8, 4) is 0 Å². The molecule has 4 nitrogen and oxygen atoms in total. The van der Waals surface area contributed by atoms with Gasteiger partial charge in [0, 0.05) is 11.1 Å². The zero-order valence-corrected chi connectivity index (χ0v) is 16.1. The highest BCUT2D eigenvalue weighted by molar-refractivity contribution is 9.13. The van der Waals surface area contributed by atoms with Gasteiger partial charge in [0.15, 0.2) is 4.67 Å². The highest BCUT2D eigenvalue weighted by Gasteiger charge is 2.35. The number of nitrogens with zero attached hydrogens (tertiary/aromatic N) is 1. The largest absolute Gasteiger partial charge is 0.449 e. The van der Waals surface area contributed by atoms with E-state index in [4.69, 9.17) is 16.0 Å². The van der Waals surface area contributed by atoms with Crippen LogP contribution >= 0.6 is 55.2 Å². The van der Waals surface area contributed by atoms with Gasteiger partial charge in [-0.25, -0.2) is 0 Å². The van der Waals surface area contributed by atoms with Crippen molar-refractivity contribution in [3.05, 3.63) is 60.7 Å². The van der Waals surface area contributed by atoms with Gasteiger partial charge in [0.25, 0.3) is 11.1 Å². The van der Waals surface area contributed by atoms with Crippen LogP contribution < -0.4 is 0 Å². The summed E-state index contributed by atoms with van der Waals surface area (Å²) in [4.78, 5) is 26.0. The molecule has 0 saturated carbocycles. The van der Waals surface area contributed by atoms with E-state index in [-0.39, 0.29) is 17.7 Å².